The molecule has 1 atom stereocenters. The monoisotopic (exact) mass is 341 g/mol. The number of aliphatic hydroxyl groups excluding tert-OH is 1. The second-order valence-electron chi connectivity index (χ2n) is 5.18. The van der Waals surface area contributed by atoms with E-state index in [0.29, 0.717) is 12.5 Å². The van der Waals surface area contributed by atoms with E-state index in [1.165, 1.54) is 0 Å². The van der Waals surface area contributed by atoms with Crippen LogP contribution < -0.4 is 5.32 Å². The first-order valence-corrected chi connectivity index (χ1v) is 7.22. The van der Waals surface area contributed by atoms with Gasteiger partial charge in [-0.3, -0.25) is 4.79 Å². The van der Waals surface area contributed by atoms with Crippen molar-refractivity contribution in [2.75, 3.05) is 13.2 Å². The molecule has 0 fully saturated rings. The summed E-state index contributed by atoms with van der Waals surface area (Å²) in [7, 11) is 0. The van der Waals surface area contributed by atoms with Gasteiger partial charge in [-0.15, -0.1) is 0 Å². The number of carbonyl (C=O) groups is 1. The predicted molar refractivity (Wildman–Crippen MR) is 79.5 cm³/mol. The molecule has 2 N–H and O–H groups in total. The van der Waals surface area contributed by atoms with Crippen molar-refractivity contribution < 1.29 is 27.5 Å². The lowest BCUT2D eigenvalue weighted by atomic mass is 9.96. The van der Waals surface area contributed by atoms with E-state index in [1.54, 1.807) is 30.3 Å². The van der Waals surface area contributed by atoms with E-state index < -0.39 is 34.7 Å². The first-order valence-electron chi connectivity index (χ1n) is 7.22. The van der Waals surface area contributed by atoms with Gasteiger partial charge in [0.1, 0.15) is 0 Å². The molecule has 2 rings (SSSR count). The van der Waals surface area contributed by atoms with Crippen molar-refractivity contribution in [3.8, 4) is 0 Å². The maximum Gasteiger partial charge on any atom is 0.254 e. The smallest absolute Gasteiger partial charge is 0.254 e. The third kappa shape index (κ3) is 3.91. The summed E-state index contributed by atoms with van der Waals surface area (Å²) in [4.78, 5) is 12.0. The number of hydrogen-bond donors (Lipinski definition) is 2. The summed E-state index contributed by atoms with van der Waals surface area (Å²) in [6, 6.07) is 9.27. The van der Waals surface area contributed by atoms with Gasteiger partial charge in [0.2, 0.25) is 0 Å². The Labute approximate surface area is 135 Å². The summed E-state index contributed by atoms with van der Waals surface area (Å²) in [5.41, 5.74) is -0.0778. The van der Waals surface area contributed by atoms with E-state index in [2.05, 4.69) is 5.32 Å². The molecule has 2 aromatic carbocycles. The number of rotatable bonds is 6. The number of benzene rings is 2. The highest BCUT2D eigenvalue weighted by molar-refractivity contribution is 5.94. The number of carbonyl (C=O) groups excluding carboxylic acids is 1. The van der Waals surface area contributed by atoms with E-state index >= 15 is 0 Å². The highest BCUT2D eigenvalue weighted by atomic mass is 19.2. The minimum atomic E-state index is -2.03. The number of amides is 1. The van der Waals surface area contributed by atoms with Gasteiger partial charge in [-0.2, -0.15) is 0 Å². The molecule has 0 aliphatic rings. The van der Waals surface area contributed by atoms with Crippen LogP contribution in [0.2, 0.25) is 0 Å². The van der Waals surface area contributed by atoms with Gasteiger partial charge in [0, 0.05) is 19.1 Å². The lowest BCUT2D eigenvalue weighted by Gasteiger charge is -2.17. The largest absolute Gasteiger partial charge is 0.396 e. The van der Waals surface area contributed by atoms with Crippen molar-refractivity contribution in [2.45, 2.75) is 12.3 Å². The van der Waals surface area contributed by atoms with Gasteiger partial charge in [0.25, 0.3) is 5.91 Å². The summed E-state index contributed by atoms with van der Waals surface area (Å²) >= 11 is 0. The predicted octanol–water partition coefficient (Wildman–Crippen LogP) is 3.14. The molecule has 0 saturated carbocycles. The van der Waals surface area contributed by atoms with E-state index in [4.69, 9.17) is 5.11 Å². The van der Waals surface area contributed by atoms with Crippen molar-refractivity contribution in [3.05, 3.63) is 70.8 Å². The molecule has 128 valence electrons. The Balaban J connectivity index is 2.15. The Bertz CT molecular complexity index is 722. The summed E-state index contributed by atoms with van der Waals surface area (Å²) in [5.74, 6) is -8.72. The summed E-state index contributed by atoms with van der Waals surface area (Å²) in [6.07, 6.45) is 0.332. The molecular formula is C17H15F4NO2. The Morgan fingerprint density at radius 1 is 1.04 bits per heavy atom. The Hall–Kier alpha value is -2.41. The molecule has 0 aliphatic carbocycles. The molecule has 0 saturated heterocycles. The topological polar surface area (TPSA) is 49.3 Å². The van der Waals surface area contributed by atoms with E-state index in [0.717, 1.165) is 5.56 Å². The van der Waals surface area contributed by atoms with Crippen LogP contribution in [0.5, 0.6) is 0 Å². The molecule has 2 aromatic rings. The van der Waals surface area contributed by atoms with Crippen LogP contribution in [-0.4, -0.2) is 24.2 Å². The van der Waals surface area contributed by atoms with Gasteiger partial charge in [0.05, 0.1) is 5.56 Å². The highest BCUT2D eigenvalue weighted by Gasteiger charge is 2.23. The molecule has 1 unspecified atom stereocenters. The summed E-state index contributed by atoms with van der Waals surface area (Å²) in [6.45, 7) is -0.118. The molecular weight excluding hydrogens is 326 g/mol. The fourth-order valence-electron chi connectivity index (χ4n) is 2.32. The average Bonchev–Trinajstić information content (AvgIpc) is 2.60. The minimum absolute atomic E-state index is 0.0173. The van der Waals surface area contributed by atoms with Crippen LogP contribution in [0.4, 0.5) is 17.6 Å². The molecule has 7 heteroatoms. The fourth-order valence-corrected chi connectivity index (χ4v) is 2.32. The van der Waals surface area contributed by atoms with E-state index in [1.807, 2.05) is 0 Å². The van der Waals surface area contributed by atoms with Gasteiger partial charge in [-0.1, -0.05) is 30.3 Å². The van der Waals surface area contributed by atoms with Gasteiger partial charge in [-0.25, -0.2) is 17.6 Å². The number of nitrogens with one attached hydrogen (secondary N) is 1. The van der Waals surface area contributed by atoms with Gasteiger partial charge in [0.15, 0.2) is 23.3 Å². The third-order valence-electron chi connectivity index (χ3n) is 3.60. The summed E-state index contributed by atoms with van der Waals surface area (Å²) < 4.78 is 52.9. The van der Waals surface area contributed by atoms with Gasteiger partial charge >= 0.3 is 0 Å². The quantitative estimate of drug-likeness (QED) is 0.482. The highest BCUT2D eigenvalue weighted by Crippen LogP contribution is 2.20. The molecule has 0 heterocycles. The molecule has 0 bridgehead atoms. The standard InChI is InChI=1S/C17H15F4NO2/c18-13-8-12(14(19)16(21)15(13)20)17(24)22-9-11(6-7-23)10-4-2-1-3-5-10/h1-5,8,11,23H,6-7,9H2,(H,22,24). The lowest BCUT2D eigenvalue weighted by Crippen LogP contribution is -2.30. The van der Waals surface area contributed by atoms with Crippen LogP contribution in [-0.2, 0) is 0 Å². The van der Waals surface area contributed by atoms with Crippen LogP contribution in [0.15, 0.2) is 36.4 Å². The van der Waals surface area contributed by atoms with Crippen LogP contribution in [0, 0.1) is 23.3 Å². The van der Waals surface area contributed by atoms with Crippen LogP contribution in [0.25, 0.3) is 0 Å². The Kier molecular flexibility index (Phi) is 5.92. The van der Waals surface area contributed by atoms with Crippen molar-refractivity contribution in [1.82, 2.24) is 5.32 Å². The first-order chi connectivity index (χ1) is 11.5. The van der Waals surface area contributed by atoms with Crippen molar-refractivity contribution >= 4 is 5.91 Å². The number of hydrogen-bond acceptors (Lipinski definition) is 2. The molecule has 24 heavy (non-hydrogen) atoms. The van der Waals surface area contributed by atoms with Crippen molar-refractivity contribution in [3.63, 3.8) is 0 Å². The third-order valence-corrected chi connectivity index (χ3v) is 3.60. The molecule has 0 radical (unpaired) electrons. The summed E-state index contributed by atoms with van der Waals surface area (Å²) in [5, 5.41) is 11.5. The van der Waals surface area contributed by atoms with Crippen molar-refractivity contribution in [2.24, 2.45) is 0 Å². The van der Waals surface area contributed by atoms with Gasteiger partial charge < -0.3 is 10.4 Å². The zero-order valence-corrected chi connectivity index (χ0v) is 12.5. The minimum Gasteiger partial charge on any atom is -0.396 e. The SMILES string of the molecule is O=C(NCC(CCO)c1ccccc1)c1cc(F)c(F)c(F)c1F. The van der Waals surface area contributed by atoms with Gasteiger partial charge in [-0.05, 0) is 18.1 Å². The molecule has 3 nitrogen and oxygen atoms in total. The normalized spacial score (nSPS) is 12.0. The van der Waals surface area contributed by atoms with E-state index in [-0.39, 0.29) is 19.1 Å². The second-order valence-corrected chi connectivity index (χ2v) is 5.18. The maximum absolute atomic E-state index is 13.6. The molecule has 1 amide bonds. The second kappa shape index (κ2) is 7.92. The molecule has 0 spiro atoms. The lowest BCUT2D eigenvalue weighted by molar-refractivity contribution is 0.0943. The van der Waals surface area contributed by atoms with Crippen molar-refractivity contribution in [1.29, 1.82) is 0 Å². The number of aliphatic hydroxyl groups is 1. The molecule has 0 aliphatic heterocycles. The fraction of sp³-hybridized carbons (Fsp3) is 0.235. The zero-order valence-electron chi connectivity index (χ0n) is 12.5. The van der Waals surface area contributed by atoms with E-state index in [9.17, 15) is 22.4 Å². The maximum atomic E-state index is 13.6. The number of halogens is 4. The van der Waals surface area contributed by atoms with Crippen LogP contribution in [0.1, 0.15) is 28.3 Å². The zero-order chi connectivity index (χ0) is 17.7. The molecule has 0 aromatic heterocycles. The van der Waals surface area contributed by atoms with Crippen LogP contribution in [0.3, 0.4) is 0 Å². The Morgan fingerprint density at radius 2 is 1.71 bits per heavy atom. The first kappa shape index (κ1) is 17.9. The average molecular weight is 341 g/mol. The van der Waals surface area contributed by atoms with Crippen LogP contribution >= 0.6 is 0 Å². The Morgan fingerprint density at radius 3 is 2.33 bits per heavy atom.